The van der Waals surface area contributed by atoms with E-state index in [1.807, 2.05) is 24.3 Å². The quantitative estimate of drug-likeness (QED) is 0.805. The third-order valence-electron chi connectivity index (χ3n) is 4.10. The van der Waals surface area contributed by atoms with E-state index in [0.717, 1.165) is 30.5 Å². The van der Waals surface area contributed by atoms with Crippen LogP contribution in [0.15, 0.2) is 24.3 Å². The molecule has 1 fully saturated rings. The number of urea groups is 1. The summed E-state index contributed by atoms with van der Waals surface area (Å²) >= 11 is 0. The van der Waals surface area contributed by atoms with Crippen LogP contribution >= 0.6 is 0 Å². The van der Waals surface area contributed by atoms with E-state index in [2.05, 4.69) is 5.32 Å². The van der Waals surface area contributed by atoms with Crippen molar-refractivity contribution in [3.05, 3.63) is 29.8 Å². The first-order valence-electron chi connectivity index (χ1n) is 6.61. The fourth-order valence-corrected chi connectivity index (χ4v) is 2.85. The highest BCUT2D eigenvalue weighted by Gasteiger charge is 2.40. The number of nitrogens with one attached hydrogen (secondary N) is 1. The van der Waals surface area contributed by atoms with Crippen LogP contribution in [0.3, 0.4) is 0 Å². The number of benzene rings is 1. The second-order valence-corrected chi connectivity index (χ2v) is 5.25. The minimum absolute atomic E-state index is 0.117. The second kappa shape index (κ2) is 4.57. The number of nitrogens with two attached hydrogens (primary N) is 1. The van der Waals surface area contributed by atoms with Gasteiger partial charge in [-0.3, -0.25) is 4.79 Å². The molecule has 1 aromatic rings. The summed E-state index contributed by atoms with van der Waals surface area (Å²) in [7, 11) is 0. The number of hydrogen-bond donors (Lipinski definition) is 2. The van der Waals surface area contributed by atoms with Gasteiger partial charge >= 0.3 is 6.03 Å². The van der Waals surface area contributed by atoms with Gasteiger partial charge in [-0.1, -0.05) is 24.6 Å². The maximum atomic E-state index is 12.4. The number of nitrogens with zero attached hydrogens (tertiary/aromatic N) is 1. The molecular weight excluding hydrogens is 242 g/mol. The lowest BCUT2D eigenvalue weighted by Gasteiger charge is -2.37. The average molecular weight is 259 g/mol. The van der Waals surface area contributed by atoms with Gasteiger partial charge in [0.2, 0.25) is 5.91 Å². The van der Waals surface area contributed by atoms with E-state index >= 15 is 0 Å². The Labute approximate surface area is 111 Å². The summed E-state index contributed by atoms with van der Waals surface area (Å²) in [6.07, 6.45) is 3.09. The molecule has 1 atom stereocenters. The maximum Gasteiger partial charge on any atom is 0.315 e. The van der Waals surface area contributed by atoms with Crippen molar-refractivity contribution in [1.82, 2.24) is 4.90 Å². The average Bonchev–Trinajstić information content (AvgIpc) is 2.45. The largest absolute Gasteiger partial charge is 0.351 e. The van der Waals surface area contributed by atoms with E-state index in [1.54, 1.807) is 0 Å². The summed E-state index contributed by atoms with van der Waals surface area (Å²) in [6.45, 7) is 0.394. The Morgan fingerprint density at radius 1 is 1.32 bits per heavy atom. The van der Waals surface area contributed by atoms with Crippen molar-refractivity contribution in [3.8, 4) is 0 Å². The molecule has 5 heteroatoms. The van der Waals surface area contributed by atoms with Crippen LogP contribution in [-0.2, 0) is 11.3 Å². The van der Waals surface area contributed by atoms with Crippen molar-refractivity contribution >= 4 is 17.6 Å². The molecule has 0 saturated heterocycles. The Morgan fingerprint density at radius 2 is 2.05 bits per heavy atom. The van der Waals surface area contributed by atoms with Gasteiger partial charge < -0.3 is 16.0 Å². The number of fused-ring (bicyclic) bond motifs is 1. The summed E-state index contributed by atoms with van der Waals surface area (Å²) < 4.78 is 0. The van der Waals surface area contributed by atoms with Gasteiger partial charge in [-0.15, -0.1) is 0 Å². The highest BCUT2D eigenvalue weighted by Crippen LogP contribution is 2.35. The number of primary amides is 1. The van der Waals surface area contributed by atoms with Gasteiger partial charge in [0.05, 0.1) is 6.54 Å². The molecule has 1 aliphatic carbocycles. The minimum Gasteiger partial charge on any atom is -0.351 e. The number of para-hydroxylation sites is 1. The van der Waals surface area contributed by atoms with Crippen LogP contribution in [0, 0.1) is 5.92 Å². The lowest BCUT2D eigenvalue weighted by Crippen LogP contribution is -2.53. The van der Waals surface area contributed by atoms with Crippen LogP contribution in [0.1, 0.15) is 24.8 Å². The standard InChI is InChI=1S/C14H17N3O2/c15-14(19)17-8-10-4-1-2-7-11(10)16-13(18)12(17)9-5-3-6-9/h1-2,4,7,9,12H,3,5-6,8H2,(H2,15,19)(H,16,18). The number of amides is 3. The van der Waals surface area contributed by atoms with E-state index in [9.17, 15) is 9.59 Å². The molecule has 3 N–H and O–H groups in total. The Hall–Kier alpha value is -2.04. The monoisotopic (exact) mass is 259 g/mol. The Kier molecular flexibility index (Phi) is 2.89. The number of rotatable bonds is 1. The molecule has 1 unspecified atom stereocenters. The topological polar surface area (TPSA) is 75.4 Å². The summed E-state index contributed by atoms with van der Waals surface area (Å²) in [6, 6.07) is 6.58. The van der Waals surface area contributed by atoms with Crippen molar-refractivity contribution in [3.63, 3.8) is 0 Å². The third kappa shape index (κ3) is 2.05. The number of carbonyl (C=O) groups excluding carboxylic acids is 2. The van der Waals surface area contributed by atoms with E-state index in [0.29, 0.717) is 6.54 Å². The molecule has 2 aliphatic rings. The van der Waals surface area contributed by atoms with Crippen molar-refractivity contribution in [2.24, 2.45) is 11.7 Å². The Morgan fingerprint density at radius 3 is 2.68 bits per heavy atom. The zero-order chi connectivity index (χ0) is 13.4. The molecular formula is C14H17N3O2. The maximum absolute atomic E-state index is 12.4. The van der Waals surface area contributed by atoms with E-state index < -0.39 is 12.1 Å². The highest BCUT2D eigenvalue weighted by molar-refractivity contribution is 5.98. The van der Waals surface area contributed by atoms with Gasteiger partial charge in [-0.25, -0.2) is 4.79 Å². The van der Waals surface area contributed by atoms with Crippen LogP contribution in [0.2, 0.25) is 0 Å². The predicted molar refractivity (Wildman–Crippen MR) is 71.3 cm³/mol. The smallest absolute Gasteiger partial charge is 0.315 e. The van der Waals surface area contributed by atoms with Crippen LogP contribution in [0.4, 0.5) is 10.5 Å². The summed E-state index contributed by atoms with van der Waals surface area (Å²) in [5.41, 5.74) is 7.18. The van der Waals surface area contributed by atoms with Crippen LogP contribution in [0.5, 0.6) is 0 Å². The van der Waals surface area contributed by atoms with Gasteiger partial charge in [0.25, 0.3) is 0 Å². The molecule has 1 aromatic carbocycles. The molecule has 19 heavy (non-hydrogen) atoms. The lowest BCUT2D eigenvalue weighted by atomic mass is 9.78. The first kappa shape index (κ1) is 12.0. The molecule has 1 heterocycles. The molecule has 1 aliphatic heterocycles. The van der Waals surface area contributed by atoms with Gasteiger partial charge in [-0.2, -0.15) is 0 Å². The first-order valence-corrected chi connectivity index (χ1v) is 6.61. The molecule has 3 rings (SSSR count). The SMILES string of the molecule is NC(=O)N1Cc2ccccc2NC(=O)C1C1CCC1. The fraction of sp³-hybridized carbons (Fsp3) is 0.429. The molecule has 0 spiro atoms. The van der Waals surface area contributed by atoms with Crippen molar-refractivity contribution in [1.29, 1.82) is 0 Å². The molecule has 0 aromatic heterocycles. The van der Waals surface area contributed by atoms with E-state index in [4.69, 9.17) is 5.73 Å². The van der Waals surface area contributed by atoms with Gasteiger partial charge in [-0.05, 0) is 30.4 Å². The Balaban J connectivity index is 1.98. The summed E-state index contributed by atoms with van der Waals surface area (Å²) in [5.74, 6) is 0.121. The molecule has 0 bridgehead atoms. The van der Waals surface area contributed by atoms with Crippen molar-refractivity contribution < 1.29 is 9.59 Å². The number of anilines is 1. The van der Waals surface area contributed by atoms with Crippen molar-refractivity contribution in [2.45, 2.75) is 31.8 Å². The molecule has 100 valence electrons. The second-order valence-electron chi connectivity index (χ2n) is 5.25. The van der Waals surface area contributed by atoms with E-state index in [1.165, 1.54) is 4.90 Å². The minimum atomic E-state index is -0.524. The third-order valence-corrected chi connectivity index (χ3v) is 4.10. The molecule has 3 amide bonds. The predicted octanol–water partition coefficient (Wildman–Crippen LogP) is 1.69. The zero-order valence-corrected chi connectivity index (χ0v) is 10.6. The van der Waals surface area contributed by atoms with Crippen molar-refractivity contribution in [2.75, 3.05) is 5.32 Å². The fourth-order valence-electron chi connectivity index (χ4n) is 2.85. The van der Waals surface area contributed by atoms with E-state index in [-0.39, 0.29) is 11.8 Å². The first-order chi connectivity index (χ1) is 9.16. The summed E-state index contributed by atoms with van der Waals surface area (Å²) in [5, 5.41) is 2.92. The highest BCUT2D eigenvalue weighted by atomic mass is 16.2. The van der Waals surface area contributed by atoms with Crippen LogP contribution in [-0.4, -0.2) is 22.9 Å². The normalized spacial score (nSPS) is 23.1. The molecule has 1 saturated carbocycles. The number of carbonyl (C=O) groups is 2. The zero-order valence-electron chi connectivity index (χ0n) is 10.6. The molecule has 5 nitrogen and oxygen atoms in total. The van der Waals surface area contributed by atoms with Gasteiger partial charge in [0, 0.05) is 5.69 Å². The van der Waals surface area contributed by atoms with Crippen LogP contribution in [0.25, 0.3) is 0 Å². The summed E-state index contributed by atoms with van der Waals surface area (Å²) in [4.78, 5) is 25.6. The van der Waals surface area contributed by atoms with Gasteiger partial charge in [0.15, 0.2) is 0 Å². The van der Waals surface area contributed by atoms with Gasteiger partial charge in [0.1, 0.15) is 6.04 Å². The van der Waals surface area contributed by atoms with Crippen LogP contribution < -0.4 is 11.1 Å². The number of hydrogen-bond acceptors (Lipinski definition) is 2. The molecule has 0 radical (unpaired) electrons. The Bertz CT molecular complexity index is 525. The lowest BCUT2D eigenvalue weighted by molar-refractivity contribution is -0.123.